The highest BCUT2D eigenvalue weighted by atomic mass is 35.5. The molecule has 0 aliphatic heterocycles. The van der Waals surface area contributed by atoms with Crippen LogP contribution in [0.3, 0.4) is 0 Å². The summed E-state index contributed by atoms with van der Waals surface area (Å²) in [5.41, 5.74) is 1.44. The second-order valence-electron chi connectivity index (χ2n) is 5.30. The molecular formula is C18H18ClNO4. The summed E-state index contributed by atoms with van der Waals surface area (Å²) < 4.78 is 4.69. The van der Waals surface area contributed by atoms with Gasteiger partial charge in [0.25, 0.3) is 0 Å². The maximum atomic E-state index is 12.3. The fourth-order valence-corrected chi connectivity index (χ4v) is 2.42. The molecule has 2 rings (SSSR count). The van der Waals surface area contributed by atoms with E-state index in [1.54, 1.807) is 36.4 Å². The summed E-state index contributed by atoms with van der Waals surface area (Å²) in [5, 5.41) is 12.8. The molecular weight excluding hydrogens is 330 g/mol. The van der Waals surface area contributed by atoms with Crippen LogP contribution in [0, 0.1) is 0 Å². The van der Waals surface area contributed by atoms with Gasteiger partial charge >= 0.3 is 5.97 Å². The van der Waals surface area contributed by atoms with Gasteiger partial charge in [0.1, 0.15) is 5.75 Å². The summed E-state index contributed by atoms with van der Waals surface area (Å²) in [4.78, 5) is 23.9. The lowest BCUT2D eigenvalue weighted by molar-refractivity contribution is -0.141. The van der Waals surface area contributed by atoms with Gasteiger partial charge in [-0.15, -0.1) is 0 Å². The number of esters is 1. The fraction of sp³-hybridized carbons (Fsp3) is 0.222. The van der Waals surface area contributed by atoms with Crippen molar-refractivity contribution in [2.24, 2.45) is 0 Å². The first-order valence-corrected chi connectivity index (χ1v) is 7.75. The van der Waals surface area contributed by atoms with Gasteiger partial charge < -0.3 is 15.2 Å². The minimum atomic E-state index is -0.514. The van der Waals surface area contributed by atoms with Gasteiger partial charge in [0.15, 0.2) is 0 Å². The Kier molecular flexibility index (Phi) is 6.21. The van der Waals surface area contributed by atoms with E-state index < -0.39 is 12.0 Å². The van der Waals surface area contributed by atoms with Crippen LogP contribution in [-0.2, 0) is 20.7 Å². The molecule has 2 aromatic rings. The van der Waals surface area contributed by atoms with Crippen molar-refractivity contribution in [1.29, 1.82) is 0 Å². The Balaban J connectivity index is 2.10. The second-order valence-corrected chi connectivity index (χ2v) is 5.74. The van der Waals surface area contributed by atoms with Gasteiger partial charge in [-0.05, 0) is 35.4 Å². The monoisotopic (exact) mass is 347 g/mol. The van der Waals surface area contributed by atoms with Gasteiger partial charge in [-0.2, -0.15) is 0 Å². The van der Waals surface area contributed by atoms with Crippen LogP contribution < -0.4 is 5.32 Å². The first-order chi connectivity index (χ1) is 11.5. The van der Waals surface area contributed by atoms with Crippen molar-refractivity contribution in [1.82, 2.24) is 5.32 Å². The molecule has 0 aliphatic carbocycles. The van der Waals surface area contributed by atoms with Gasteiger partial charge in [0, 0.05) is 5.02 Å². The molecule has 5 nitrogen and oxygen atoms in total. The minimum absolute atomic E-state index is 0.0178. The molecule has 0 aromatic heterocycles. The number of carbonyl (C=O) groups excluding carboxylic acids is 2. The molecule has 2 aromatic carbocycles. The van der Waals surface area contributed by atoms with E-state index in [2.05, 4.69) is 5.32 Å². The number of hydrogen-bond donors (Lipinski definition) is 2. The molecule has 0 spiro atoms. The summed E-state index contributed by atoms with van der Waals surface area (Å²) in [6, 6.07) is 12.9. The van der Waals surface area contributed by atoms with Crippen molar-refractivity contribution in [3.63, 3.8) is 0 Å². The van der Waals surface area contributed by atoms with Crippen molar-refractivity contribution >= 4 is 23.5 Å². The molecule has 0 radical (unpaired) electrons. The number of halogens is 1. The molecule has 0 unspecified atom stereocenters. The predicted octanol–water partition coefficient (Wildman–Crippen LogP) is 3.01. The number of benzene rings is 2. The molecule has 0 saturated heterocycles. The van der Waals surface area contributed by atoms with Crippen LogP contribution in [0.5, 0.6) is 5.75 Å². The fourth-order valence-electron chi connectivity index (χ4n) is 2.29. The lowest BCUT2D eigenvalue weighted by atomic mass is 10.0. The van der Waals surface area contributed by atoms with E-state index in [1.165, 1.54) is 19.2 Å². The summed E-state index contributed by atoms with van der Waals surface area (Å²) in [5.74, 6) is -0.582. The van der Waals surface area contributed by atoms with Crippen molar-refractivity contribution in [2.75, 3.05) is 7.11 Å². The number of phenols is 1. The number of nitrogens with one attached hydrogen (secondary N) is 1. The minimum Gasteiger partial charge on any atom is -0.508 e. The standard InChI is InChI=1S/C18H18ClNO4/c1-24-18(23)11-16(13-5-7-14(19)8-6-13)20-17(22)10-12-3-2-4-15(21)9-12/h2-9,16,21H,10-11H2,1H3,(H,20,22)/t16-/m0/s1. The zero-order valence-corrected chi connectivity index (χ0v) is 13.9. The third-order valence-electron chi connectivity index (χ3n) is 3.48. The number of carbonyl (C=O) groups is 2. The summed E-state index contributed by atoms with van der Waals surface area (Å²) in [6.45, 7) is 0. The van der Waals surface area contributed by atoms with E-state index in [-0.39, 0.29) is 24.5 Å². The maximum Gasteiger partial charge on any atom is 0.307 e. The highest BCUT2D eigenvalue weighted by molar-refractivity contribution is 6.30. The van der Waals surface area contributed by atoms with E-state index in [0.29, 0.717) is 10.6 Å². The molecule has 0 fully saturated rings. The van der Waals surface area contributed by atoms with Gasteiger partial charge in [-0.1, -0.05) is 35.9 Å². The normalized spacial score (nSPS) is 11.6. The van der Waals surface area contributed by atoms with Crippen LogP contribution in [-0.4, -0.2) is 24.1 Å². The number of phenolic OH excluding ortho intramolecular Hbond substituents is 1. The van der Waals surface area contributed by atoms with Crippen molar-refractivity contribution in [3.8, 4) is 5.75 Å². The molecule has 126 valence electrons. The molecule has 1 amide bonds. The van der Waals surface area contributed by atoms with Crippen molar-refractivity contribution in [2.45, 2.75) is 18.9 Å². The third kappa shape index (κ3) is 5.28. The average molecular weight is 348 g/mol. The van der Waals surface area contributed by atoms with Gasteiger partial charge in [0.2, 0.25) is 5.91 Å². The first kappa shape index (κ1) is 17.8. The van der Waals surface area contributed by atoms with E-state index in [0.717, 1.165) is 5.56 Å². The average Bonchev–Trinajstić information content (AvgIpc) is 2.54. The van der Waals surface area contributed by atoms with E-state index in [9.17, 15) is 14.7 Å². The zero-order chi connectivity index (χ0) is 17.5. The Morgan fingerprint density at radius 2 is 1.92 bits per heavy atom. The topological polar surface area (TPSA) is 75.6 Å². The molecule has 24 heavy (non-hydrogen) atoms. The molecule has 0 heterocycles. The molecule has 0 aliphatic rings. The van der Waals surface area contributed by atoms with Crippen LogP contribution >= 0.6 is 11.6 Å². The van der Waals surface area contributed by atoms with Crippen LogP contribution in [0.25, 0.3) is 0 Å². The molecule has 6 heteroatoms. The molecule has 0 bridgehead atoms. The molecule has 2 N–H and O–H groups in total. The van der Waals surface area contributed by atoms with Gasteiger partial charge in [0.05, 0.1) is 26.0 Å². The van der Waals surface area contributed by atoms with Crippen LogP contribution in [0.15, 0.2) is 48.5 Å². The number of aromatic hydroxyl groups is 1. The Hall–Kier alpha value is -2.53. The maximum absolute atomic E-state index is 12.3. The number of ether oxygens (including phenoxy) is 1. The number of methoxy groups -OCH3 is 1. The first-order valence-electron chi connectivity index (χ1n) is 7.37. The Morgan fingerprint density at radius 1 is 1.21 bits per heavy atom. The largest absolute Gasteiger partial charge is 0.508 e. The number of rotatable bonds is 6. The van der Waals surface area contributed by atoms with Crippen LogP contribution in [0.2, 0.25) is 5.02 Å². The SMILES string of the molecule is COC(=O)C[C@H](NC(=O)Cc1cccc(O)c1)c1ccc(Cl)cc1. The lowest BCUT2D eigenvalue weighted by Crippen LogP contribution is -2.31. The number of hydrogen-bond acceptors (Lipinski definition) is 4. The van der Waals surface area contributed by atoms with Crippen molar-refractivity contribution < 1.29 is 19.4 Å². The lowest BCUT2D eigenvalue weighted by Gasteiger charge is -2.18. The highest BCUT2D eigenvalue weighted by Gasteiger charge is 2.19. The summed E-state index contributed by atoms with van der Waals surface area (Å²) >= 11 is 5.87. The molecule has 1 atom stereocenters. The third-order valence-corrected chi connectivity index (χ3v) is 3.73. The zero-order valence-electron chi connectivity index (χ0n) is 13.2. The predicted molar refractivity (Wildman–Crippen MR) is 90.8 cm³/mol. The van der Waals surface area contributed by atoms with E-state index in [1.807, 2.05) is 0 Å². The second kappa shape index (κ2) is 8.36. The van der Waals surface area contributed by atoms with Gasteiger partial charge in [-0.3, -0.25) is 9.59 Å². The van der Waals surface area contributed by atoms with Gasteiger partial charge in [-0.25, -0.2) is 0 Å². The highest BCUT2D eigenvalue weighted by Crippen LogP contribution is 2.20. The Morgan fingerprint density at radius 3 is 2.54 bits per heavy atom. The van der Waals surface area contributed by atoms with E-state index >= 15 is 0 Å². The smallest absolute Gasteiger partial charge is 0.307 e. The number of amides is 1. The van der Waals surface area contributed by atoms with E-state index in [4.69, 9.17) is 16.3 Å². The van der Waals surface area contributed by atoms with Crippen LogP contribution in [0.4, 0.5) is 0 Å². The quantitative estimate of drug-likeness (QED) is 0.788. The summed E-state index contributed by atoms with van der Waals surface area (Å²) in [6.07, 6.45) is 0.115. The molecule has 0 saturated carbocycles. The van der Waals surface area contributed by atoms with Crippen LogP contribution in [0.1, 0.15) is 23.6 Å². The summed E-state index contributed by atoms with van der Waals surface area (Å²) in [7, 11) is 1.30. The Labute approximate surface area is 145 Å². The Bertz CT molecular complexity index is 715. The van der Waals surface area contributed by atoms with Crippen molar-refractivity contribution in [3.05, 3.63) is 64.7 Å².